The van der Waals surface area contributed by atoms with E-state index in [4.69, 9.17) is 5.73 Å². The van der Waals surface area contributed by atoms with E-state index in [0.717, 1.165) is 6.42 Å². The standard InChI is InChI=1S/C11H19N5O/c1-8-3-2-4-10(8)13-11(17)7-16-6-9(5-12)14-15-16/h6,8,10H,2-5,7,12H2,1H3,(H,13,17). The summed E-state index contributed by atoms with van der Waals surface area (Å²) in [5.41, 5.74) is 6.13. The third kappa shape index (κ3) is 3.03. The zero-order valence-electron chi connectivity index (χ0n) is 10.1. The second-order valence-corrected chi connectivity index (χ2v) is 4.69. The predicted octanol–water partition coefficient (Wildman–Crippen LogP) is 0.0416. The number of carbonyl (C=O) groups is 1. The summed E-state index contributed by atoms with van der Waals surface area (Å²) in [5, 5.41) is 10.7. The van der Waals surface area contributed by atoms with E-state index in [1.807, 2.05) is 0 Å². The van der Waals surface area contributed by atoms with Crippen LogP contribution in [0.1, 0.15) is 31.9 Å². The highest BCUT2D eigenvalue weighted by Crippen LogP contribution is 2.24. The van der Waals surface area contributed by atoms with Gasteiger partial charge in [0.05, 0.1) is 11.9 Å². The van der Waals surface area contributed by atoms with Gasteiger partial charge in [0.1, 0.15) is 6.54 Å². The van der Waals surface area contributed by atoms with Crippen molar-refractivity contribution < 1.29 is 4.79 Å². The molecule has 2 rings (SSSR count). The highest BCUT2D eigenvalue weighted by Gasteiger charge is 2.24. The summed E-state index contributed by atoms with van der Waals surface area (Å²) < 4.78 is 1.52. The third-order valence-corrected chi connectivity index (χ3v) is 3.31. The summed E-state index contributed by atoms with van der Waals surface area (Å²) in [6, 6.07) is 0.319. The van der Waals surface area contributed by atoms with Crippen LogP contribution < -0.4 is 11.1 Å². The van der Waals surface area contributed by atoms with Crippen LogP contribution in [0.5, 0.6) is 0 Å². The zero-order chi connectivity index (χ0) is 12.3. The minimum atomic E-state index is -0.00257. The van der Waals surface area contributed by atoms with E-state index in [-0.39, 0.29) is 12.5 Å². The molecule has 0 saturated heterocycles. The fraction of sp³-hybridized carbons (Fsp3) is 0.727. The van der Waals surface area contributed by atoms with Crippen molar-refractivity contribution in [3.63, 3.8) is 0 Å². The molecule has 6 heteroatoms. The van der Waals surface area contributed by atoms with Crippen LogP contribution in [0.25, 0.3) is 0 Å². The number of carbonyl (C=O) groups excluding carboxylic acids is 1. The van der Waals surface area contributed by atoms with E-state index in [1.54, 1.807) is 6.20 Å². The van der Waals surface area contributed by atoms with Crippen LogP contribution in [0.3, 0.4) is 0 Å². The topological polar surface area (TPSA) is 85.8 Å². The second-order valence-electron chi connectivity index (χ2n) is 4.69. The Morgan fingerprint density at radius 3 is 3.06 bits per heavy atom. The minimum Gasteiger partial charge on any atom is -0.351 e. The SMILES string of the molecule is CC1CCCC1NC(=O)Cn1cc(CN)nn1. The molecule has 2 atom stereocenters. The maximum absolute atomic E-state index is 11.8. The van der Waals surface area contributed by atoms with Gasteiger partial charge in [-0.25, -0.2) is 4.68 Å². The van der Waals surface area contributed by atoms with E-state index in [2.05, 4.69) is 22.6 Å². The van der Waals surface area contributed by atoms with Crippen LogP contribution >= 0.6 is 0 Å². The molecule has 1 fully saturated rings. The van der Waals surface area contributed by atoms with Gasteiger partial charge < -0.3 is 11.1 Å². The Morgan fingerprint density at radius 1 is 1.65 bits per heavy atom. The summed E-state index contributed by atoms with van der Waals surface area (Å²) in [5.74, 6) is 0.575. The van der Waals surface area contributed by atoms with Gasteiger partial charge >= 0.3 is 0 Å². The molecule has 1 aliphatic carbocycles. The minimum absolute atomic E-state index is 0.00257. The summed E-state index contributed by atoms with van der Waals surface area (Å²) in [6.45, 7) is 2.75. The molecule has 0 spiro atoms. The Hall–Kier alpha value is -1.43. The monoisotopic (exact) mass is 237 g/mol. The summed E-state index contributed by atoms with van der Waals surface area (Å²) in [7, 11) is 0. The lowest BCUT2D eigenvalue weighted by Gasteiger charge is -2.16. The van der Waals surface area contributed by atoms with Gasteiger partial charge in [0.25, 0.3) is 0 Å². The molecule has 6 nitrogen and oxygen atoms in total. The summed E-state index contributed by atoms with van der Waals surface area (Å²) in [6.07, 6.45) is 5.19. The number of nitrogens with zero attached hydrogens (tertiary/aromatic N) is 3. The molecule has 0 bridgehead atoms. The number of rotatable bonds is 4. The normalized spacial score (nSPS) is 23.9. The molecule has 1 amide bonds. The quantitative estimate of drug-likeness (QED) is 0.774. The fourth-order valence-electron chi connectivity index (χ4n) is 2.27. The van der Waals surface area contributed by atoms with Gasteiger partial charge in [-0.3, -0.25) is 4.79 Å². The van der Waals surface area contributed by atoms with Crippen molar-refractivity contribution in [3.8, 4) is 0 Å². The molecule has 0 aromatic carbocycles. The van der Waals surface area contributed by atoms with Crippen molar-refractivity contribution in [2.24, 2.45) is 11.7 Å². The van der Waals surface area contributed by atoms with Crippen LogP contribution in [-0.2, 0) is 17.9 Å². The van der Waals surface area contributed by atoms with Gasteiger partial charge in [0.15, 0.2) is 0 Å². The molecule has 17 heavy (non-hydrogen) atoms. The van der Waals surface area contributed by atoms with Crippen molar-refractivity contribution in [2.45, 2.75) is 45.3 Å². The van der Waals surface area contributed by atoms with Gasteiger partial charge in [-0.1, -0.05) is 18.6 Å². The average Bonchev–Trinajstić information content (AvgIpc) is 2.89. The van der Waals surface area contributed by atoms with Crippen molar-refractivity contribution in [2.75, 3.05) is 0 Å². The van der Waals surface area contributed by atoms with Crippen LogP contribution in [0.4, 0.5) is 0 Å². The lowest BCUT2D eigenvalue weighted by Crippen LogP contribution is -2.38. The Bertz CT molecular complexity index is 389. The first kappa shape index (κ1) is 12.0. The van der Waals surface area contributed by atoms with E-state index in [9.17, 15) is 4.79 Å². The first-order valence-corrected chi connectivity index (χ1v) is 6.07. The van der Waals surface area contributed by atoms with Gasteiger partial charge in [-0.05, 0) is 18.8 Å². The first-order chi connectivity index (χ1) is 8.19. The van der Waals surface area contributed by atoms with Crippen LogP contribution in [0.2, 0.25) is 0 Å². The summed E-state index contributed by atoms with van der Waals surface area (Å²) in [4.78, 5) is 11.8. The number of aromatic nitrogens is 3. The zero-order valence-corrected chi connectivity index (χ0v) is 10.1. The van der Waals surface area contributed by atoms with Crippen molar-refractivity contribution >= 4 is 5.91 Å². The van der Waals surface area contributed by atoms with E-state index in [0.29, 0.717) is 24.2 Å². The third-order valence-electron chi connectivity index (χ3n) is 3.31. The molecule has 1 aromatic heterocycles. The Balaban J connectivity index is 1.84. The molecular weight excluding hydrogens is 218 g/mol. The molecule has 1 saturated carbocycles. The largest absolute Gasteiger partial charge is 0.351 e. The molecule has 1 aromatic rings. The molecule has 3 N–H and O–H groups in total. The van der Waals surface area contributed by atoms with Gasteiger partial charge in [-0.2, -0.15) is 0 Å². The Labute approximate surface area is 101 Å². The van der Waals surface area contributed by atoms with E-state index in [1.165, 1.54) is 17.5 Å². The van der Waals surface area contributed by atoms with Crippen LogP contribution in [0.15, 0.2) is 6.20 Å². The van der Waals surface area contributed by atoms with E-state index >= 15 is 0 Å². The van der Waals surface area contributed by atoms with Crippen LogP contribution in [0, 0.1) is 5.92 Å². The Morgan fingerprint density at radius 2 is 2.47 bits per heavy atom. The molecule has 0 radical (unpaired) electrons. The number of nitrogens with one attached hydrogen (secondary N) is 1. The molecule has 94 valence electrons. The average molecular weight is 237 g/mol. The maximum Gasteiger partial charge on any atom is 0.242 e. The van der Waals surface area contributed by atoms with Gasteiger partial charge in [0, 0.05) is 12.6 Å². The predicted molar refractivity (Wildman–Crippen MR) is 62.9 cm³/mol. The molecule has 1 heterocycles. The number of amides is 1. The molecule has 1 aliphatic rings. The first-order valence-electron chi connectivity index (χ1n) is 6.07. The van der Waals surface area contributed by atoms with Gasteiger partial charge in [0.2, 0.25) is 5.91 Å². The molecule has 0 aliphatic heterocycles. The highest BCUT2D eigenvalue weighted by atomic mass is 16.2. The number of hydrogen-bond acceptors (Lipinski definition) is 4. The molecule has 2 unspecified atom stereocenters. The number of nitrogens with two attached hydrogens (primary N) is 1. The highest BCUT2D eigenvalue weighted by molar-refractivity contribution is 5.76. The lowest BCUT2D eigenvalue weighted by atomic mass is 10.1. The lowest BCUT2D eigenvalue weighted by molar-refractivity contribution is -0.122. The van der Waals surface area contributed by atoms with Crippen molar-refractivity contribution in [1.29, 1.82) is 0 Å². The van der Waals surface area contributed by atoms with Crippen molar-refractivity contribution in [1.82, 2.24) is 20.3 Å². The maximum atomic E-state index is 11.8. The summed E-state index contributed by atoms with van der Waals surface area (Å²) >= 11 is 0. The number of hydrogen-bond donors (Lipinski definition) is 2. The Kier molecular flexibility index (Phi) is 3.73. The van der Waals surface area contributed by atoms with Gasteiger partial charge in [-0.15, -0.1) is 5.10 Å². The molecular formula is C11H19N5O. The van der Waals surface area contributed by atoms with Crippen molar-refractivity contribution in [3.05, 3.63) is 11.9 Å². The van der Waals surface area contributed by atoms with E-state index < -0.39 is 0 Å². The fourth-order valence-corrected chi connectivity index (χ4v) is 2.27. The van der Waals surface area contributed by atoms with Crippen LogP contribution in [-0.4, -0.2) is 26.9 Å². The second kappa shape index (κ2) is 5.27. The smallest absolute Gasteiger partial charge is 0.242 e.